The summed E-state index contributed by atoms with van der Waals surface area (Å²) in [6, 6.07) is 0.159. The molecular weight excluding hydrogens is 240 g/mol. The summed E-state index contributed by atoms with van der Waals surface area (Å²) in [6.07, 6.45) is 4.49. The van der Waals surface area contributed by atoms with Gasteiger partial charge in [0.2, 0.25) is 5.95 Å². The molecule has 1 aliphatic rings. The Morgan fingerprint density at radius 2 is 1.89 bits per heavy atom. The van der Waals surface area contributed by atoms with Crippen molar-refractivity contribution in [2.24, 2.45) is 0 Å². The molecule has 0 saturated carbocycles. The van der Waals surface area contributed by atoms with E-state index in [9.17, 15) is 4.79 Å². The van der Waals surface area contributed by atoms with Gasteiger partial charge in [0.25, 0.3) is 0 Å². The molecule has 0 aromatic carbocycles. The molecule has 2 heterocycles. The third-order valence-corrected chi connectivity index (χ3v) is 3.49. The van der Waals surface area contributed by atoms with Crippen LogP contribution in [0.3, 0.4) is 0 Å². The van der Waals surface area contributed by atoms with Gasteiger partial charge in [-0.05, 0) is 39.7 Å². The van der Waals surface area contributed by atoms with Crippen LogP contribution in [0.4, 0.5) is 10.7 Å². The number of hydrogen-bond acceptors (Lipinski definition) is 3. The minimum atomic E-state index is -0.196. The van der Waals surface area contributed by atoms with Crippen molar-refractivity contribution in [3.63, 3.8) is 0 Å². The van der Waals surface area contributed by atoms with Crippen LogP contribution in [0.25, 0.3) is 0 Å². The summed E-state index contributed by atoms with van der Waals surface area (Å²) < 4.78 is 0. The van der Waals surface area contributed by atoms with Crippen molar-refractivity contribution < 1.29 is 4.79 Å². The Kier molecular flexibility index (Phi) is 3.47. The largest absolute Gasteiger partial charge is 0.327 e. The fourth-order valence-corrected chi connectivity index (χ4v) is 2.67. The first-order chi connectivity index (χ1) is 8.86. The number of anilines is 1. The van der Waals surface area contributed by atoms with Crippen LogP contribution in [-0.4, -0.2) is 39.0 Å². The van der Waals surface area contributed by atoms with Crippen LogP contribution in [0.2, 0.25) is 0 Å². The number of urea groups is 1. The van der Waals surface area contributed by atoms with Crippen molar-refractivity contribution >= 4 is 12.0 Å². The number of aromatic nitrogens is 2. The minimum Gasteiger partial charge on any atom is -0.315 e. The average Bonchev–Trinajstić information content (AvgIpc) is 2.59. The first-order valence-electron chi connectivity index (χ1n) is 6.78. The van der Waals surface area contributed by atoms with Gasteiger partial charge in [-0.1, -0.05) is 6.92 Å². The Hall–Kier alpha value is -1.65. The van der Waals surface area contributed by atoms with Gasteiger partial charge in [0, 0.05) is 18.4 Å². The Balaban J connectivity index is 2.29. The summed E-state index contributed by atoms with van der Waals surface area (Å²) in [6.45, 7) is 10.9. The lowest BCUT2D eigenvalue weighted by molar-refractivity contribution is 0.152. The zero-order chi connectivity index (χ0) is 14.2. The van der Waals surface area contributed by atoms with Gasteiger partial charge in [-0.2, -0.15) is 0 Å². The van der Waals surface area contributed by atoms with Crippen LogP contribution in [0.1, 0.15) is 40.2 Å². The highest BCUT2D eigenvalue weighted by Gasteiger charge is 2.45. The smallest absolute Gasteiger partial charge is 0.315 e. The molecule has 1 saturated heterocycles. The lowest BCUT2D eigenvalue weighted by Crippen LogP contribution is -2.46. The van der Waals surface area contributed by atoms with Crippen LogP contribution >= 0.6 is 0 Å². The molecular formula is C14H22N4O. The van der Waals surface area contributed by atoms with Gasteiger partial charge < -0.3 is 4.90 Å². The van der Waals surface area contributed by atoms with E-state index in [1.807, 2.05) is 18.7 Å². The number of aryl methyl sites for hydroxylation is 1. The quantitative estimate of drug-likeness (QED) is 0.840. The second kappa shape index (κ2) is 4.79. The highest BCUT2D eigenvalue weighted by Crippen LogP contribution is 2.30. The van der Waals surface area contributed by atoms with E-state index in [1.54, 1.807) is 17.3 Å². The summed E-state index contributed by atoms with van der Waals surface area (Å²) in [5.41, 5.74) is 0.883. The number of rotatable bonds is 3. The van der Waals surface area contributed by atoms with Crippen LogP contribution in [0.5, 0.6) is 0 Å². The minimum absolute atomic E-state index is 0.00996. The summed E-state index contributed by atoms with van der Waals surface area (Å²) >= 11 is 0. The zero-order valence-corrected chi connectivity index (χ0v) is 12.3. The molecule has 104 valence electrons. The predicted molar refractivity (Wildman–Crippen MR) is 75.2 cm³/mol. The Bertz CT molecular complexity index is 467. The molecule has 0 unspecified atom stereocenters. The molecule has 1 aromatic heterocycles. The lowest BCUT2D eigenvalue weighted by atomic mass is 10.0. The molecule has 0 spiro atoms. The van der Waals surface area contributed by atoms with Crippen LogP contribution in [0, 0.1) is 0 Å². The maximum atomic E-state index is 12.5. The summed E-state index contributed by atoms with van der Waals surface area (Å²) in [4.78, 5) is 24.7. The van der Waals surface area contributed by atoms with E-state index in [4.69, 9.17) is 0 Å². The van der Waals surface area contributed by atoms with Crippen LogP contribution in [0.15, 0.2) is 12.4 Å². The van der Waals surface area contributed by atoms with Gasteiger partial charge in [-0.3, -0.25) is 4.90 Å². The molecule has 1 aliphatic heterocycles. The maximum absolute atomic E-state index is 12.5. The van der Waals surface area contributed by atoms with Gasteiger partial charge >= 0.3 is 6.03 Å². The van der Waals surface area contributed by atoms with E-state index in [1.165, 1.54) is 0 Å². The van der Waals surface area contributed by atoms with Gasteiger partial charge in [0.15, 0.2) is 0 Å². The highest BCUT2D eigenvalue weighted by atomic mass is 16.2. The second-order valence-electron chi connectivity index (χ2n) is 5.89. The van der Waals surface area contributed by atoms with E-state index in [2.05, 4.69) is 30.7 Å². The van der Waals surface area contributed by atoms with Crippen molar-refractivity contribution in [2.45, 2.75) is 52.6 Å². The summed E-state index contributed by atoms with van der Waals surface area (Å²) in [5, 5.41) is 0. The highest BCUT2D eigenvalue weighted by molar-refractivity contribution is 5.93. The van der Waals surface area contributed by atoms with E-state index in [0.29, 0.717) is 12.5 Å². The second-order valence-corrected chi connectivity index (χ2v) is 5.89. The monoisotopic (exact) mass is 262 g/mol. The first kappa shape index (κ1) is 13.8. The molecule has 1 aromatic rings. The zero-order valence-electron chi connectivity index (χ0n) is 12.3. The first-order valence-corrected chi connectivity index (χ1v) is 6.78. The van der Waals surface area contributed by atoms with E-state index in [-0.39, 0.29) is 17.6 Å². The Morgan fingerprint density at radius 1 is 1.32 bits per heavy atom. The van der Waals surface area contributed by atoms with Crippen molar-refractivity contribution in [2.75, 3.05) is 11.4 Å². The fraction of sp³-hybridized carbons (Fsp3) is 0.643. The molecule has 0 atom stereocenters. The molecule has 0 aliphatic carbocycles. The number of carbonyl (C=O) groups excluding carboxylic acids is 1. The summed E-state index contributed by atoms with van der Waals surface area (Å²) in [5.74, 6) is 0.499. The van der Waals surface area contributed by atoms with Crippen molar-refractivity contribution in [3.05, 3.63) is 18.0 Å². The van der Waals surface area contributed by atoms with Crippen LogP contribution in [-0.2, 0) is 6.42 Å². The molecule has 0 bridgehead atoms. The normalized spacial score (nSPS) is 18.5. The molecule has 0 N–H and O–H groups in total. The van der Waals surface area contributed by atoms with Gasteiger partial charge in [0.1, 0.15) is 0 Å². The topological polar surface area (TPSA) is 49.3 Å². The van der Waals surface area contributed by atoms with E-state index in [0.717, 1.165) is 12.0 Å². The SMILES string of the molecule is CCc1cnc(N2CC(C)(C)N(C(C)C)C2=O)nc1. The Labute approximate surface area is 114 Å². The maximum Gasteiger partial charge on any atom is 0.327 e. The third kappa shape index (κ3) is 2.41. The number of nitrogens with zero attached hydrogens (tertiary/aromatic N) is 4. The van der Waals surface area contributed by atoms with Gasteiger partial charge in [-0.15, -0.1) is 0 Å². The summed E-state index contributed by atoms with van der Waals surface area (Å²) in [7, 11) is 0. The van der Waals surface area contributed by atoms with Gasteiger partial charge in [0.05, 0.1) is 12.1 Å². The van der Waals surface area contributed by atoms with Crippen molar-refractivity contribution in [1.29, 1.82) is 0 Å². The van der Waals surface area contributed by atoms with Gasteiger partial charge in [-0.25, -0.2) is 14.8 Å². The molecule has 2 amide bonds. The van der Waals surface area contributed by atoms with E-state index >= 15 is 0 Å². The Morgan fingerprint density at radius 3 is 2.32 bits per heavy atom. The third-order valence-electron chi connectivity index (χ3n) is 3.49. The average molecular weight is 262 g/mol. The molecule has 0 radical (unpaired) electrons. The molecule has 5 nitrogen and oxygen atoms in total. The fourth-order valence-electron chi connectivity index (χ4n) is 2.67. The number of amides is 2. The van der Waals surface area contributed by atoms with Crippen molar-refractivity contribution in [3.8, 4) is 0 Å². The molecule has 1 fully saturated rings. The van der Waals surface area contributed by atoms with Crippen molar-refractivity contribution in [1.82, 2.24) is 14.9 Å². The van der Waals surface area contributed by atoms with Crippen LogP contribution < -0.4 is 4.90 Å². The number of hydrogen-bond donors (Lipinski definition) is 0. The lowest BCUT2D eigenvalue weighted by Gasteiger charge is -2.32. The molecule has 5 heteroatoms. The molecule has 19 heavy (non-hydrogen) atoms. The number of carbonyl (C=O) groups is 1. The predicted octanol–water partition coefficient (Wildman–Crippen LogP) is 2.47. The van der Waals surface area contributed by atoms with E-state index < -0.39 is 0 Å². The standard InChI is InChI=1S/C14H22N4O/c1-6-11-7-15-12(16-8-11)17-9-14(4,5)18(10(2)3)13(17)19/h7-8,10H,6,9H2,1-5H3. The molecule has 2 rings (SSSR count).